The highest BCUT2D eigenvalue weighted by atomic mass is 16.3. The Balaban J connectivity index is 0.00000240. The molecular weight excluding hydrogens is 356 g/mol. The summed E-state index contributed by atoms with van der Waals surface area (Å²) in [5.41, 5.74) is 2.60. The van der Waals surface area contributed by atoms with Crippen LogP contribution >= 0.6 is 0 Å². The van der Waals surface area contributed by atoms with Gasteiger partial charge in [-0.15, -0.1) is 0 Å². The monoisotopic (exact) mass is 404 g/mol. The highest BCUT2D eigenvalue weighted by Gasteiger charge is 2.59. The van der Waals surface area contributed by atoms with Crippen LogP contribution in [0.25, 0.3) is 0 Å². The molecule has 3 N–H and O–H groups in total. The Labute approximate surface area is 180 Å². The number of fused-ring (bicyclic) bond motifs is 5. The molecule has 0 saturated heterocycles. The van der Waals surface area contributed by atoms with Gasteiger partial charge in [0.2, 0.25) is 0 Å². The number of rotatable bonds is 5. The van der Waals surface area contributed by atoms with E-state index in [0.717, 1.165) is 48.3 Å². The first-order chi connectivity index (χ1) is 13.3. The van der Waals surface area contributed by atoms with Crippen molar-refractivity contribution in [3.63, 3.8) is 0 Å². The van der Waals surface area contributed by atoms with E-state index < -0.39 is 0 Å². The minimum atomic E-state index is -0.0766. The smallest absolute Gasteiger partial charge is 0.0577 e. The van der Waals surface area contributed by atoms with Gasteiger partial charge in [-0.25, -0.2) is 0 Å². The molecule has 0 aromatic carbocycles. The van der Waals surface area contributed by atoms with Crippen LogP contribution in [0.5, 0.6) is 0 Å². The normalized spacial score (nSPS) is 44.9. The fraction of sp³-hybridized carbons (Fsp3) is 0.926. The molecule has 0 amide bonds. The van der Waals surface area contributed by atoms with Gasteiger partial charge in [-0.1, -0.05) is 65.5 Å². The maximum absolute atomic E-state index is 10.2. The molecule has 4 aliphatic carbocycles. The molecule has 0 radical (unpaired) electrons. The zero-order chi connectivity index (χ0) is 20.1. The van der Waals surface area contributed by atoms with Gasteiger partial charge in [-0.2, -0.15) is 0 Å². The van der Waals surface area contributed by atoms with Crippen LogP contribution in [-0.2, 0) is 0 Å². The van der Waals surface area contributed by atoms with Crippen molar-refractivity contribution in [2.24, 2.45) is 46.3 Å². The molecular formula is C27H48O2. The molecule has 2 heteroatoms. The number of allylic oxidation sites excluding steroid dienone is 1. The molecule has 168 valence electrons. The minimum Gasteiger partial charge on any atom is -0.412 e. The van der Waals surface area contributed by atoms with Crippen molar-refractivity contribution in [1.29, 1.82) is 0 Å². The van der Waals surface area contributed by atoms with Crippen LogP contribution in [0.2, 0.25) is 0 Å². The van der Waals surface area contributed by atoms with Crippen molar-refractivity contribution in [2.75, 3.05) is 0 Å². The van der Waals surface area contributed by atoms with Crippen LogP contribution in [0, 0.1) is 46.3 Å². The Kier molecular flexibility index (Phi) is 6.96. The summed E-state index contributed by atoms with van der Waals surface area (Å²) < 4.78 is 0. The lowest BCUT2D eigenvalue weighted by atomic mass is 9.47. The van der Waals surface area contributed by atoms with Crippen LogP contribution in [0.15, 0.2) is 11.6 Å². The van der Waals surface area contributed by atoms with Crippen LogP contribution < -0.4 is 0 Å². The van der Waals surface area contributed by atoms with Crippen molar-refractivity contribution >= 4 is 0 Å². The fourth-order valence-electron chi connectivity index (χ4n) is 8.67. The van der Waals surface area contributed by atoms with E-state index in [2.05, 4.69) is 40.7 Å². The van der Waals surface area contributed by atoms with Crippen molar-refractivity contribution in [1.82, 2.24) is 0 Å². The average molecular weight is 405 g/mol. The molecule has 4 rings (SSSR count). The molecule has 0 aromatic rings. The second-order valence-corrected chi connectivity index (χ2v) is 12.2. The Morgan fingerprint density at radius 1 is 1.00 bits per heavy atom. The maximum atomic E-state index is 10.2. The van der Waals surface area contributed by atoms with Crippen molar-refractivity contribution in [3.05, 3.63) is 11.6 Å². The summed E-state index contributed by atoms with van der Waals surface area (Å²) in [6.07, 6.45) is 17.2. The van der Waals surface area contributed by atoms with E-state index in [1.54, 1.807) is 5.57 Å². The fourth-order valence-corrected chi connectivity index (χ4v) is 8.67. The Hall–Kier alpha value is -0.340. The zero-order valence-corrected chi connectivity index (χ0v) is 19.8. The summed E-state index contributed by atoms with van der Waals surface area (Å²) in [6.45, 7) is 12.6. The first-order valence-electron chi connectivity index (χ1n) is 12.6. The number of hydrogen-bond acceptors (Lipinski definition) is 1. The van der Waals surface area contributed by atoms with E-state index in [9.17, 15) is 5.11 Å². The lowest BCUT2D eigenvalue weighted by molar-refractivity contribution is -0.0573. The first-order valence-corrected chi connectivity index (χ1v) is 12.6. The number of hydrogen-bond donors (Lipinski definition) is 1. The van der Waals surface area contributed by atoms with E-state index in [0.29, 0.717) is 10.8 Å². The van der Waals surface area contributed by atoms with Gasteiger partial charge in [0, 0.05) is 0 Å². The van der Waals surface area contributed by atoms with E-state index in [4.69, 9.17) is 0 Å². The summed E-state index contributed by atoms with van der Waals surface area (Å²) in [7, 11) is 0. The summed E-state index contributed by atoms with van der Waals surface area (Å²) >= 11 is 0. The second-order valence-electron chi connectivity index (χ2n) is 12.2. The molecule has 0 aliphatic heterocycles. The van der Waals surface area contributed by atoms with Gasteiger partial charge in [-0.05, 0) is 97.7 Å². The van der Waals surface area contributed by atoms with E-state index in [1.807, 2.05) is 0 Å². The third kappa shape index (κ3) is 3.98. The highest BCUT2D eigenvalue weighted by Crippen LogP contribution is 2.67. The quantitative estimate of drug-likeness (QED) is 0.518. The molecule has 0 aromatic heterocycles. The molecule has 0 bridgehead atoms. The van der Waals surface area contributed by atoms with Gasteiger partial charge in [0.15, 0.2) is 0 Å². The van der Waals surface area contributed by atoms with Crippen LogP contribution in [0.1, 0.15) is 105 Å². The summed E-state index contributed by atoms with van der Waals surface area (Å²) in [6, 6.07) is 0. The lowest BCUT2D eigenvalue weighted by Gasteiger charge is -2.58. The largest absolute Gasteiger partial charge is 0.412 e. The van der Waals surface area contributed by atoms with E-state index in [1.165, 1.54) is 57.8 Å². The summed E-state index contributed by atoms with van der Waals surface area (Å²) in [5, 5.41) is 10.2. The van der Waals surface area contributed by atoms with Gasteiger partial charge in [0.05, 0.1) is 6.10 Å². The number of aliphatic hydroxyl groups excluding tert-OH is 1. The maximum Gasteiger partial charge on any atom is 0.0577 e. The molecule has 8 atom stereocenters. The van der Waals surface area contributed by atoms with Gasteiger partial charge >= 0.3 is 0 Å². The van der Waals surface area contributed by atoms with E-state index in [-0.39, 0.29) is 11.6 Å². The zero-order valence-electron chi connectivity index (χ0n) is 19.8. The standard InChI is InChI=1S/C27H46O.H2O/c1-18(2)7-6-8-19(3)23-11-12-24-22-10-9-20-17-21(28)13-15-26(20,4)25(22)14-16-27(23,24)5;/h9,18-19,21-25,28H,6-8,10-17H2,1-5H3;1H2/t19-,21?,22+,23-,24+,25+,26+,27-;/m1./s1. The molecule has 1 unspecified atom stereocenters. The lowest BCUT2D eigenvalue weighted by Crippen LogP contribution is -2.50. The first kappa shape index (κ1) is 23.3. The predicted octanol–water partition coefficient (Wildman–Crippen LogP) is 6.56. The molecule has 3 saturated carbocycles. The second kappa shape index (κ2) is 8.65. The van der Waals surface area contributed by atoms with Crippen molar-refractivity contribution in [3.8, 4) is 0 Å². The Morgan fingerprint density at radius 3 is 2.48 bits per heavy atom. The predicted molar refractivity (Wildman–Crippen MR) is 123 cm³/mol. The molecule has 0 spiro atoms. The van der Waals surface area contributed by atoms with Crippen molar-refractivity contribution < 1.29 is 10.6 Å². The molecule has 3 fully saturated rings. The molecule has 29 heavy (non-hydrogen) atoms. The third-order valence-corrected chi connectivity index (χ3v) is 10.3. The van der Waals surface area contributed by atoms with Gasteiger partial charge in [0.1, 0.15) is 0 Å². The van der Waals surface area contributed by atoms with E-state index >= 15 is 0 Å². The van der Waals surface area contributed by atoms with Gasteiger partial charge < -0.3 is 10.6 Å². The summed E-state index contributed by atoms with van der Waals surface area (Å²) in [5.74, 6) is 5.46. The van der Waals surface area contributed by atoms with Gasteiger partial charge in [0.25, 0.3) is 0 Å². The van der Waals surface area contributed by atoms with Crippen molar-refractivity contribution in [2.45, 2.75) is 111 Å². The number of aliphatic hydroxyl groups is 1. The average Bonchev–Trinajstić information content (AvgIpc) is 2.99. The van der Waals surface area contributed by atoms with Gasteiger partial charge in [-0.3, -0.25) is 0 Å². The highest BCUT2D eigenvalue weighted by molar-refractivity contribution is 5.25. The van der Waals surface area contributed by atoms with Crippen LogP contribution in [-0.4, -0.2) is 16.7 Å². The molecule has 0 heterocycles. The third-order valence-electron chi connectivity index (χ3n) is 10.3. The SMILES string of the molecule is CC(C)CCC[C@@H](C)[C@H]1CC[C@H]2[C@@H]3CC=C4CC(O)CC[C@]4(C)[C@H]3CC[C@]12C.O. The molecule has 2 nitrogen and oxygen atoms in total. The summed E-state index contributed by atoms with van der Waals surface area (Å²) in [4.78, 5) is 0. The van der Waals surface area contributed by atoms with Crippen LogP contribution in [0.3, 0.4) is 0 Å². The van der Waals surface area contributed by atoms with Crippen LogP contribution in [0.4, 0.5) is 0 Å². The minimum absolute atomic E-state index is 0. The molecule has 4 aliphatic rings. The Morgan fingerprint density at radius 2 is 1.76 bits per heavy atom. The topological polar surface area (TPSA) is 51.7 Å². The Bertz CT molecular complexity index is 595.